The number of allylic oxidation sites excluding steroid dienone is 1. The van der Waals surface area contributed by atoms with Gasteiger partial charge >= 0.3 is 5.97 Å². The van der Waals surface area contributed by atoms with Gasteiger partial charge in [-0.3, -0.25) is 0 Å². The zero-order valence-electron chi connectivity index (χ0n) is 7.23. The lowest BCUT2D eigenvalue weighted by atomic mass is 10.2. The average molecular weight is 178 g/mol. The molecule has 1 rings (SSSR count). The number of rotatable bonds is 2. The summed E-state index contributed by atoms with van der Waals surface area (Å²) in [6.07, 6.45) is 2.87. The van der Waals surface area contributed by atoms with Gasteiger partial charge in [0.25, 0.3) is 0 Å². The highest BCUT2D eigenvalue weighted by Gasteiger charge is 2.09. The van der Waals surface area contributed by atoms with E-state index in [1.165, 1.54) is 18.4 Å². The summed E-state index contributed by atoms with van der Waals surface area (Å²) in [5, 5.41) is 9.26. The van der Waals surface area contributed by atoms with Crippen molar-refractivity contribution in [3.63, 3.8) is 0 Å². The van der Waals surface area contributed by atoms with Crippen LogP contribution in [0.2, 0.25) is 0 Å². The Bertz CT molecular complexity index is 329. The second-order valence-electron chi connectivity index (χ2n) is 2.39. The van der Waals surface area contributed by atoms with Gasteiger partial charge in [0, 0.05) is 0 Å². The molecule has 1 aromatic carbocycles. The lowest BCUT2D eigenvalue weighted by Crippen LogP contribution is -2.00. The lowest BCUT2D eigenvalue weighted by molar-refractivity contribution is 0.0659. The first-order valence-corrected chi connectivity index (χ1v) is 3.86. The van der Waals surface area contributed by atoms with E-state index in [9.17, 15) is 9.90 Å². The molecule has 0 aromatic heterocycles. The summed E-state index contributed by atoms with van der Waals surface area (Å²) < 4.78 is 4.68. The quantitative estimate of drug-likeness (QED) is 0.557. The van der Waals surface area contributed by atoms with E-state index in [0.29, 0.717) is 0 Å². The van der Waals surface area contributed by atoms with Crippen molar-refractivity contribution in [3.8, 4) is 5.75 Å². The molecule has 0 aliphatic carbocycles. The van der Waals surface area contributed by atoms with Gasteiger partial charge in [0.2, 0.25) is 0 Å². The molecule has 3 nitrogen and oxygen atoms in total. The molecule has 13 heavy (non-hydrogen) atoms. The Morgan fingerprint density at radius 1 is 1.46 bits per heavy atom. The minimum Gasteiger partial charge on any atom is -0.507 e. The van der Waals surface area contributed by atoms with E-state index in [2.05, 4.69) is 4.74 Å². The zero-order valence-corrected chi connectivity index (χ0v) is 7.23. The number of ether oxygens (including phenoxy) is 1. The number of carbonyl (C=O) groups excluding carboxylic acids is 1. The molecule has 0 radical (unpaired) electrons. The van der Waals surface area contributed by atoms with Crippen molar-refractivity contribution in [2.75, 3.05) is 0 Å². The summed E-state index contributed by atoms with van der Waals surface area (Å²) in [7, 11) is 0. The molecule has 3 heteroatoms. The number of hydrogen-bond donors (Lipinski definition) is 1. The summed E-state index contributed by atoms with van der Waals surface area (Å²) in [5.74, 6) is -0.631. The van der Waals surface area contributed by atoms with Gasteiger partial charge in [0.15, 0.2) is 0 Å². The Morgan fingerprint density at radius 2 is 2.15 bits per heavy atom. The van der Waals surface area contributed by atoms with E-state index in [1.54, 1.807) is 25.1 Å². The Morgan fingerprint density at radius 3 is 2.77 bits per heavy atom. The van der Waals surface area contributed by atoms with E-state index >= 15 is 0 Å². The van der Waals surface area contributed by atoms with Gasteiger partial charge in [-0.05, 0) is 19.1 Å². The van der Waals surface area contributed by atoms with E-state index < -0.39 is 5.97 Å². The maximum atomic E-state index is 11.2. The molecule has 68 valence electrons. The number of phenols is 1. The number of esters is 1. The third-order valence-corrected chi connectivity index (χ3v) is 1.44. The van der Waals surface area contributed by atoms with Crippen LogP contribution in [-0.4, -0.2) is 11.1 Å². The molecule has 0 amide bonds. The molecular formula is C10H10O3. The molecule has 1 N–H and O–H groups in total. The topological polar surface area (TPSA) is 46.5 Å². The van der Waals surface area contributed by atoms with Crippen LogP contribution < -0.4 is 0 Å². The molecule has 0 saturated carbocycles. The molecule has 0 atom stereocenters. The molecule has 0 aliphatic heterocycles. The highest BCUT2D eigenvalue weighted by Crippen LogP contribution is 2.16. The summed E-state index contributed by atoms with van der Waals surface area (Å²) in [5.41, 5.74) is 0.167. The fraction of sp³-hybridized carbons (Fsp3) is 0.100. The molecule has 0 bridgehead atoms. The number of benzene rings is 1. The van der Waals surface area contributed by atoms with Crippen molar-refractivity contribution in [1.29, 1.82) is 0 Å². The Labute approximate surface area is 76.3 Å². The molecule has 0 unspecified atom stereocenters. The van der Waals surface area contributed by atoms with Gasteiger partial charge in [0.05, 0.1) is 6.26 Å². The van der Waals surface area contributed by atoms with E-state index in [0.717, 1.165) is 0 Å². The van der Waals surface area contributed by atoms with Crippen LogP contribution in [0.1, 0.15) is 17.3 Å². The molecule has 0 fully saturated rings. The standard InChI is InChI=1S/C10H10O3/c1-2-7-13-10(12)8-5-3-4-6-9(8)11/h2-7,11H,1H3. The SMILES string of the molecule is CC=COC(=O)c1ccccc1O. The van der Waals surface area contributed by atoms with Crippen LogP contribution in [0.5, 0.6) is 5.75 Å². The fourth-order valence-electron chi connectivity index (χ4n) is 0.840. The Kier molecular flexibility index (Phi) is 3.09. The number of phenolic OH excluding ortho intramolecular Hbond substituents is 1. The first-order valence-electron chi connectivity index (χ1n) is 3.86. The maximum absolute atomic E-state index is 11.2. The molecule has 0 spiro atoms. The van der Waals surface area contributed by atoms with Crippen molar-refractivity contribution in [2.24, 2.45) is 0 Å². The summed E-state index contributed by atoms with van der Waals surface area (Å²) >= 11 is 0. The van der Waals surface area contributed by atoms with Gasteiger partial charge in [-0.1, -0.05) is 18.2 Å². The van der Waals surface area contributed by atoms with E-state index in [4.69, 9.17) is 0 Å². The predicted octanol–water partition coefficient (Wildman–Crippen LogP) is 2.08. The number of hydrogen-bond acceptors (Lipinski definition) is 3. The van der Waals surface area contributed by atoms with Crippen LogP contribution in [0, 0.1) is 0 Å². The first kappa shape index (κ1) is 9.32. The summed E-state index contributed by atoms with van der Waals surface area (Å²) in [6, 6.07) is 6.24. The predicted molar refractivity (Wildman–Crippen MR) is 48.3 cm³/mol. The van der Waals surface area contributed by atoms with Gasteiger partial charge in [-0.25, -0.2) is 4.79 Å². The van der Waals surface area contributed by atoms with Crippen LogP contribution in [0.4, 0.5) is 0 Å². The van der Waals surface area contributed by atoms with Crippen LogP contribution in [0.25, 0.3) is 0 Å². The Hall–Kier alpha value is -1.77. The molecule has 0 aliphatic rings. The van der Waals surface area contributed by atoms with Crippen LogP contribution >= 0.6 is 0 Å². The number of carbonyl (C=O) groups is 1. The third-order valence-electron chi connectivity index (χ3n) is 1.44. The normalized spacial score (nSPS) is 10.2. The van der Waals surface area contributed by atoms with Gasteiger partial charge in [0.1, 0.15) is 11.3 Å². The first-order chi connectivity index (χ1) is 6.25. The second kappa shape index (κ2) is 4.30. The highest BCUT2D eigenvalue weighted by molar-refractivity contribution is 5.92. The van der Waals surface area contributed by atoms with E-state index in [-0.39, 0.29) is 11.3 Å². The molecule has 0 heterocycles. The maximum Gasteiger partial charge on any atom is 0.346 e. The second-order valence-corrected chi connectivity index (χ2v) is 2.39. The summed E-state index contributed by atoms with van der Waals surface area (Å²) in [4.78, 5) is 11.2. The average Bonchev–Trinajstić information content (AvgIpc) is 2.15. The largest absolute Gasteiger partial charge is 0.507 e. The van der Waals surface area contributed by atoms with Crippen LogP contribution in [-0.2, 0) is 4.74 Å². The summed E-state index contributed by atoms with van der Waals surface area (Å²) in [6.45, 7) is 1.73. The van der Waals surface area contributed by atoms with E-state index in [1.807, 2.05) is 0 Å². The number of aromatic hydroxyl groups is 1. The third kappa shape index (κ3) is 2.33. The molecular weight excluding hydrogens is 168 g/mol. The van der Waals surface area contributed by atoms with Gasteiger partial charge in [-0.2, -0.15) is 0 Å². The Balaban J connectivity index is 2.83. The lowest BCUT2D eigenvalue weighted by Gasteiger charge is -2.00. The van der Waals surface area contributed by atoms with Crippen LogP contribution in [0.3, 0.4) is 0 Å². The van der Waals surface area contributed by atoms with Crippen molar-refractivity contribution < 1.29 is 14.6 Å². The van der Waals surface area contributed by atoms with Crippen molar-refractivity contribution in [1.82, 2.24) is 0 Å². The van der Waals surface area contributed by atoms with Crippen molar-refractivity contribution >= 4 is 5.97 Å². The molecule has 0 saturated heterocycles. The minimum atomic E-state index is -0.559. The highest BCUT2D eigenvalue weighted by atomic mass is 16.5. The molecule has 1 aromatic rings. The smallest absolute Gasteiger partial charge is 0.346 e. The zero-order chi connectivity index (χ0) is 9.68. The van der Waals surface area contributed by atoms with Crippen LogP contribution in [0.15, 0.2) is 36.6 Å². The van der Waals surface area contributed by atoms with Crippen molar-refractivity contribution in [3.05, 3.63) is 42.2 Å². The van der Waals surface area contributed by atoms with Gasteiger partial charge < -0.3 is 9.84 Å². The van der Waals surface area contributed by atoms with Gasteiger partial charge in [-0.15, -0.1) is 0 Å². The minimum absolute atomic E-state index is 0.0722. The monoisotopic (exact) mass is 178 g/mol. The fourth-order valence-corrected chi connectivity index (χ4v) is 0.840. The number of para-hydroxylation sites is 1. The van der Waals surface area contributed by atoms with Crippen molar-refractivity contribution in [2.45, 2.75) is 6.92 Å².